The fourth-order valence-electron chi connectivity index (χ4n) is 2.63. The van der Waals surface area contributed by atoms with Crippen molar-refractivity contribution in [3.63, 3.8) is 0 Å². The number of anilines is 2. The first-order valence-electron chi connectivity index (χ1n) is 8.79. The van der Waals surface area contributed by atoms with E-state index in [4.69, 9.17) is 16.3 Å². The van der Waals surface area contributed by atoms with Gasteiger partial charge in [0.2, 0.25) is 0 Å². The molecule has 11 heteroatoms. The molecular weight excluding hydrogens is 444 g/mol. The number of rotatable bonds is 8. The summed E-state index contributed by atoms with van der Waals surface area (Å²) >= 11 is 5.87. The molecule has 0 unspecified atom stereocenters. The van der Waals surface area contributed by atoms with Crippen LogP contribution in [-0.4, -0.2) is 26.7 Å². The van der Waals surface area contributed by atoms with E-state index in [2.05, 4.69) is 15.2 Å². The van der Waals surface area contributed by atoms with Crippen molar-refractivity contribution in [3.8, 4) is 5.75 Å². The van der Waals surface area contributed by atoms with Crippen molar-refractivity contribution < 1.29 is 18.1 Å². The monoisotopic (exact) mass is 460 g/mol. The number of ether oxygens (including phenoxy) is 1. The summed E-state index contributed by atoms with van der Waals surface area (Å²) in [6, 6.07) is 16.7. The van der Waals surface area contributed by atoms with E-state index >= 15 is 0 Å². The number of hydrogen-bond acceptors (Lipinski definition) is 7. The lowest BCUT2D eigenvalue weighted by Crippen LogP contribution is -2.13. The van der Waals surface area contributed by atoms with Crippen molar-refractivity contribution in [2.45, 2.75) is 4.90 Å². The zero-order valence-corrected chi connectivity index (χ0v) is 17.7. The van der Waals surface area contributed by atoms with Crippen LogP contribution in [0.1, 0.15) is 5.56 Å². The predicted octanol–water partition coefficient (Wildman–Crippen LogP) is 4.50. The quantitative estimate of drug-likeness (QED) is 0.290. The van der Waals surface area contributed by atoms with Crippen molar-refractivity contribution in [2.75, 3.05) is 17.3 Å². The molecule has 0 aliphatic carbocycles. The predicted molar refractivity (Wildman–Crippen MR) is 120 cm³/mol. The van der Waals surface area contributed by atoms with Crippen molar-refractivity contribution in [1.82, 2.24) is 0 Å². The number of halogens is 1. The Bertz CT molecular complexity index is 1250. The molecule has 0 saturated heterocycles. The average molecular weight is 461 g/mol. The molecule has 9 nitrogen and oxygen atoms in total. The van der Waals surface area contributed by atoms with Crippen LogP contribution in [0.2, 0.25) is 5.02 Å². The van der Waals surface area contributed by atoms with E-state index < -0.39 is 20.6 Å². The molecule has 0 aliphatic heterocycles. The molecular formula is C20H17ClN4O5S. The molecule has 31 heavy (non-hydrogen) atoms. The molecule has 0 aromatic heterocycles. The van der Waals surface area contributed by atoms with E-state index in [0.29, 0.717) is 16.3 Å². The third-order valence-electron chi connectivity index (χ3n) is 4.08. The SMILES string of the molecule is COc1ccccc1C=NNc1ccc(S(=O)(=O)Nc2cccc(Cl)c2)cc1[N+](=O)[O-]. The number of benzene rings is 3. The second kappa shape index (κ2) is 9.45. The van der Waals surface area contributed by atoms with Crippen LogP contribution in [0.15, 0.2) is 76.7 Å². The van der Waals surface area contributed by atoms with E-state index in [-0.39, 0.29) is 16.3 Å². The number of hydrazone groups is 1. The minimum Gasteiger partial charge on any atom is -0.496 e. The molecule has 0 atom stereocenters. The van der Waals surface area contributed by atoms with Crippen LogP contribution in [0.4, 0.5) is 17.1 Å². The number of sulfonamides is 1. The van der Waals surface area contributed by atoms with Crippen LogP contribution in [0.3, 0.4) is 0 Å². The highest BCUT2D eigenvalue weighted by atomic mass is 35.5. The van der Waals surface area contributed by atoms with E-state index in [0.717, 1.165) is 6.07 Å². The largest absolute Gasteiger partial charge is 0.496 e. The Kier molecular flexibility index (Phi) is 6.73. The van der Waals surface area contributed by atoms with Crippen molar-refractivity contribution in [3.05, 3.63) is 87.4 Å². The number of nitrogens with zero attached hydrogens (tertiary/aromatic N) is 2. The summed E-state index contributed by atoms with van der Waals surface area (Å²) in [5, 5.41) is 15.8. The first-order chi connectivity index (χ1) is 14.8. The Hall–Kier alpha value is -3.63. The number of hydrogen-bond donors (Lipinski definition) is 2. The first kappa shape index (κ1) is 22.1. The number of para-hydroxylation sites is 1. The van der Waals surface area contributed by atoms with Gasteiger partial charge in [-0.1, -0.05) is 29.8 Å². The highest BCUT2D eigenvalue weighted by Gasteiger charge is 2.21. The van der Waals surface area contributed by atoms with Gasteiger partial charge in [-0.3, -0.25) is 20.3 Å². The van der Waals surface area contributed by atoms with Gasteiger partial charge in [0.05, 0.1) is 28.8 Å². The first-order valence-corrected chi connectivity index (χ1v) is 10.7. The van der Waals surface area contributed by atoms with Gasteiger partial charge in [0.15, 0.2) is 0 Å². The summed E-state index contributed by atoms with van der Waals surface area (Å²) in [4.78, 5) is 10.5. The zero-order valence-electron chi connectivity index (χ0n) is 16.2. The van der Waals surface area contributed by atoms with Crippen LogP contribution in [0, 0.1) is 10.1 Å². The lowest BCUT2D eigenvalue weighted by molar-refractivity contribution is -0.384. The number of nitro groups is 1. The summed E-state index contributed by atoms with van der Waals surface area (Å²) < 4.78 is 32.8. The minimum absolute atomic E-state index is 0.0258. The molecule has 0 bridgehead atoms. The summed E-state index contributed by atoms with van der Waals surface area (Å²) in [6.45, 7) is 0. The molecule has 3 aromatic carbocycles. The number of nitrogens with one attached hydrogen (secondary N) is 2. The smallest absolute Gasteiger partial charge is 0.295 e. The molecule has 0 spiro atoms. The lowest BCUT2D eigenvalue weighted by atomic mass is 10.2. The van der Waals surface area contributed by atoms with E-state index in [1.165, 1.54) is 37.6 Å². The average Bonchev–Trinajstić information content (AvgIpc) is 2.73. The molecule has 0 amide bonds. The standard InChI is InChI=1S/C20H17ClN4O5S/c1-30-20-8-3-2-5-14(20)13-22-23-18-10-9-17(12-19(18)25(26)27)31(28,29)24-16-7-4-6-15(21)11-16/h2-13,23-24H,1H3. The number of methoxy groups -OCH3 is 1. The second-order valence-electron chi connectivity index (χ2n) is 6.16. The highest BCUT2D eigenvalue weighted by Crippen LogP contribution is 2.29. The summed E-state index contributed by atoms with van der Waals surface area (Å²) in [5.41, 5.74) is 3.04. The maximum Gasteiger partial charge on any atom is 0.295 e. The van der Waals surface area contributed by atoms with E-state index in [1.807, 2.05) is 0 Å². The Morgan fingerprint density at radius 3 is 2.58 bits per heavy atom. The van der Waals surface area contributed by atoms with Gasteiger partial charge in [0, 0.05) is 16.7 Å². The molecule has 0 heterocycles. The fourth-order valence-corrected chi connectivity index (χ4v) is 3.89. The minimum atomic E-state index is -4.07. The normalized spacial score (nSPS) is 11.3. The molecule has 0 radical (unpaired) electrons. The highest BCUT2D eigenvalue weighted by molar-refractivity contribution is 7.92. The van der Waals surface area contributed by atoms with Crippen molar-refractivity contribution in [1.29, 1.82) is 0 Å². The Balaban J connectivity index is 1.85. The van der Waals surface area contributed by atoms with Gasteiger partial charge in [-0.15, -0.1) is 0 Å². The summed E-state index contributed by atoms with van der Waals surface area (Å²) in [6.07, 6.45) is 1.44. The van der Waals surface area contributed by atoms with Crippen molar-refractivity contribution in [2.24, 2.45) is 5.10 Å². The third kappa shape index (κ3) is 5.50. The van der Waals surface area contributed by atoms with Crippen LogP contribution >= 0.6 is 11.6 Å². The summed E-state index contributed by atoms with van der Waals surface area (Å²) in [7, 11) is -2.56. The Morgan fingerprint density at radius 2 is 1.87 bits per heavy atom. The van der Waals surface area contributed by atoms with Gasteiger partial charge >= 0.3 is 0 Å². The molecule has 0 saturated carbocycles. The van der Waals surface area contributed by atoms with Gasteiger partial charge in [-0.05, 0) is 42.5 Å². The Labute approximate surface area is 183 Å². The van der Waals surface area contributed by atoms with Crippen molar-refractivity contribution >= 4 is 44.9 Å². The molecule has 3 rings (SSSR count). The topological polar surface area (TPSA) is 123 Å². The van der Waals surface area contributed by atoms with Crippen LogP contribution in [-0.2, 0) is 10.0 Å². The van der Waals surface area contributed by atoms with Gasteiger partial charge in [-0.25, -0.2) is 8.42 Å². The lowest BCUT2D eigenvalue weighted by Gasteiger charge is -2.10. The van der Waals surface area contributed by atoms with Gasteiger partial charge < -0.3 is 4.74 Å². The van der Waals surface area contributed by atoms with Crippen LogP contribution < -0.4 is 14.9 Å². The fraction of sp³-hybridized carbons (Fsp3) is 0.0500. The van der Waals surface area contributed by atoms with Gasteiger partial charge in [0.1, 0.15) is 11.4 Å². The van der Waals surface area contributed by atoms with Gasteiger partial charge in [-0.2, -0.15) is 5.10 Å². The van der Waals surface area contributed by atoms with Crippen LogP contribution in [0.5, 0.6) is 5.75 Å². The van der Waals surface area contributed by atoms with E-state index in [9.17, 15) is 18.5 Å². The molecule has 2 N–H and O–H groups in total. The molecule has 0 aliphatic rings. The number of nitro benzene ring substituents is 1. The second-order valence-corrected chi connectivity index (χ2v) is 8.28. The summed E-state index contributed by atoms with van der Waals surface area (Å²) in [5.74, 6) is 0.580. The van der Waals surface area contributed by atoms with Gasteiger partial charge in [0.25, 0.3) is 15.7 Å². The Morgan fingerprint density at radius 1 is 1.10 bits per heavy atom. The maximum atomic E-state index is 12.6. The third-order valence-corrected chi connectivity index (χ3v) is 5.69. The van der Waals surface area contributed by atoms with Crippen LogP contribution in [0.25, 0.3) is 0 Å². The maximum absolute atomic E-state index is 12.6. The molecule has 0 fully saturated rings. The molecule has 160 valence electrons. The molecule has 3 aromatic rings. The van der Waals surface area contributed by atoms with E-state index in [1.54, 1.807) is 36.4 Å². The zero-order chi connectivity index (χ0) is 22.4.